The first-order valence-electron chi connectivity index (χ1n) is 12.8. The predicted octanol–water partition coefficient (Wildman–Crippen LogP) is 8.15. The van der Waals surface area contributed by atoms with Gasteiger partial charge in [0.2, 0.25) is 0 Å². The van der Waals surface area contributed by atoms with Crippen LogP contribution < -0.4 is 9.47 Å². The van der Waals surface area contributed by atoms with Gasteiger partial charge in [-0.05, 0) is 93.7 Å². The molecule has 6 heteroatoms. The van der Waals surface area contributed by atoms with Crippen molar-refractivity contribution in [2.45, 2.75) is 58.3 Å². The molecule has 2 aromatic carbocycles. The van der Waals surface area contributed by atoms with Crippen molar-refractivity contribution in [1.29, 1.82) is 0 Å². The van der Waals surface area contributed by atoms with Crippen molar-refractivity contribution in [3.63, 3.8) is 0 Å². The highest BCUT2D eigenvalue weighted by atomic mass is 19.1. The van der Waals surface area contributed by atoms with Crippen LogP contribution in [0, 0.1) is 35.2 Å². The van der Waals surface area contributed by atoms with Crippen molar-refractivity contribution in [3.05, 3.63) is 83.2 Å². The number of carbonyl (C=O) groups excluding carboxylic acids is 1. The molecule has 4 atom stereocenters. The molecule has 2 saturated carbocycles. The second-order valence-electron chi connectivity index (χ2n) is 9.85. The first-order chi connectivity index (χ1) is 17.4. The number of fused-ring (bicyclic) bond motifs is 1. The van der Waals surface area contributed by atoms with E-state index in [9.17, 15) is 13.6 Å². The van der Waals surface area contributed by atoms with Gasteiger partial charge in [-0.1, -0.05) is 30.4 Å². The predicted molar refractivity (Wildman–Crippen MR) is 134 cm³/mol. The van der Waals surface area contributed by atoms with E-state index in [1.165, 1.54) is 25.3 Å². The molecular weight excluding hydrogens is 465 g/mol. The Labute approximate surface area is 211 Å². The number of hydrogen-bond acceptors (Lipinski definition) is 3. The molecule has 2 fully saturated rings. The summed E-state index contributed by atoms with van der Waals surface area (Å²) in [6.45, 7) is 3.84. The van der Waals surface area contributed by atoms with Crippen LogP contribution in [0.4, 0.5) is 13.2 Å². The van der Waals surface area contributed by atoms with E-state index in [-0.39, 0.29) is 23.8 Å². The van der Waals surface area contributed by atoms with Crippen LogP contribution in [0.3, 0.4) is 0 Å². The van der Waals surface area contributed by atoms with E-state index in [1.54, 1.807) is 25.1 Å². The van der Waals surface area contributed by atoms with Gasteiger partial charge in [0, 0.05) is 12.1 Å². The SMILES string of the molecule is C/C=C/COc1c(F)cc(OC(=O)c2ccc(C3CCC4CC(/C=C/C)CCC4C3)c(F)c2)cc1F. The van der Waals surface area contributed by atoms with Gasteiger partial charge in [-0.2, -0.15) is 0 Å². The molecule has 192 valence electrons. The van der Waals surface area contributed by atoms with Gasteiger partial charge >= 0.3 is 5.97 Å². The molecule has 0 amide bonds. The number of allylic oxidation sites excluding steroid dienone is 3. The lowest BCUT2D eigenvalue weighted by molar-refractivity contribution is 0.0733. The topological polar surface area (TPSA) is 35.5 Å². The fourth-order valence-electron chi connectivity index (χ4n) is 5.77. The Morgan fingerprint density at radius 1 is 0.917 bits per heavy atom. The zero-order valence-corrected chi connectivity index (χ0v) is 20.8. The third kappa shape index (κ3) is 6.03. The van der Waals surface area contributed by atoms with Gasteiger partial charge in [-0.3, -0.25) is 0 Å². The highest BCUT2D eigenvalue weighted by Gasteiger charge is 2.36. The minimum absolute atomic E-state index is 0.00815. The second kappa shape index (κ2) is 11.8. The Kier molecular flexibility index (Phi) is 8.55. The third-order valence-corrected chi connectivity index (χ3v) is 7.54. The van der Waals surface area contributed by atoms with Crippen molar-refractivity contribution in [3.8, 4) is 11.5 Å². The van der Waals surface area contributed by atoms with Crippen molar-refractivity contribution in [2.24, 2.45) is 17.8 Å². The average Bonchev–Trinajstić information content (AvgIpc) is 2.85. The molecule has 36 heavy (non-hydrogen) atoms. The van der Waals surface area contributed by atoms with Crippen molar-refractivity contribution in [2.75, 3.05) is 6.61 Å². The molecule has 0 N–H and O–H groups in total. The molecule has 0 heterocycles. The number of benzene rings is 2. The molecule has 2 aliphatic carbocycles. The van der Waals surface area contributed by atoms with E-state index in [0.717, 1.165) is 37.5 Å². The summed E-state index contributed by atoms with van der Waals surface area (Å²) in [6.07, 6.45) is 14.3. The molecule has 2 aromatic rings. The van der Waals surface area contributed by atoms with Crippen LogP contribution in [0.1, 0.15) is 74.2 Å². The summed E-state index contributed by atoms with van der Waals surface area (Å²) in [5.41, 5.74) is 0.617. The number of halogens is 3. The standard InChI is InChI=1S/C30H33F3O3/c1-3-5-13-35-29-27(32)17-24(18-28(29)33)36-30(34)23-11-12-25(26(31)16-23)22-10-9-20-14-19(6-4-2)7-8-21(20)15-22/h3-6,11-12,16-22H,7-10,13-15H2,1-2H3/b5-3+,6-4+. The van der Waals surface area contributed by atoms with Gasteiger partial charge in [-0.25, -0.2) is 18.0 Å². The lowest BCUT2D eigenvalue weighted by Gasteiger charge is -2.41. The van der Waals surface area contributed by atoms with Gasteiger partial charge in [0.15, 0.2) is 17.4 Å². The van der Waals surface area contributed by atoms with Crippen molar-refractivity contribution >= 4 is 5.97 Å². The molecule has 0 aromatic heterocycles. The lowest BCUT2D eigenvalue weighted by Crippen LogP contribution is -2.30. The van der Waals surface area contributed by atoms with Gasteiger partial charge < -0.3 is 9.47 Å². The highest BCUT2D eigenvalue weighted by Crippen LogP contribution is 2.48. The van der Waals surface area contributed by atoms with Gasteiger partial charge in [0.1, 0.15) is 18.2 Å². The molecule has 0 bridgehead atoms. The maximum atomic E-state index is 15.1. The summed E-state index contributed by atoms with van der Waals surface area (Å²) in [5, 5.41) is 0. The minimum Gasteiger partial charge on any atom is -0.483 e. The normalized spacial score (nSPS) is 24.1. The van der Waals surface area contributed by atoms with Crippen LogP contribution in [-0.4, -0.2) is 12.6 Å². The van der Waals surface area contributed by atoms with Crippen LogP contribution in [0.15, 0.2) is 54.6 Å². The molecule has 3 nitrogen and oxygen atoms in total. The molecule has 0 radical (unpaired) electrons. The van der Waals surface area contributed by atoms with E-state index in [0.29, 0.717) is 23.3 Å². The quantitative estimate of drug-likeness (QED) is 0.219. The van der Waals surface area contributed by atoms with Crippen molar-refractivity contribution in [1.82, 2.24) is 0 Å². The first kappa shape index (κ1) is 26.1. The maximum Gasteiger partial charge on any atom is 0.343 e. The number of rotatable bonds is 7. The second-order valence-corrected chi connectivity index (χ2v) is 9.85. The molecule has 4 rings (SSSR count). The van der Waals surface area contributed by atoms with E-state index in [1.807, 2.05) is 0 Å². The van der Waals surface area contributed by atoms with E-state index in [2.05, 4.69) is 19.1 Å². The van der Waals surface area contributed by atoms with Crippen LogP contribution in [-0.2, 0) is 0 Å². The Hall–Kier alpha value is -3.02. The van der Waals surface area contributed by atoms with E-state index >= 15 is 4.39 Å². The summed E-state index contributed by atoms with van der Waals surface area (Å²) in [4.78, 5) is 12.6. The van der Waals surface area contributed by atoms with Crippen molar-refractivity contribution < 1.29 is 27.4 Å². The van der Waals surface area contributed by atoms with Crippen LogP contribution >= 0.6 is 0 Å². The number of carbonyl (C=O) groups is 1. The summed E-state index contributed by atoms with van der Waals surface area (Å²) in [7, 11) is 0. The Morgan fingerprint density at radius 2 is 1.64 bits per heavy atom. The third-order valence-electron chi connectivity index (χ3n) is 7.54. The molecule has 0 spiro atoms. The zero-order valence-electron chi connectivity index (χ0n) is 20.8. The van der Waals surface area contributed by atoms with E-state index in [4.69, 9.17) is 9.47 Å². The first-order valence-corrected chi connectivity index (χ1v) is 12.8. The fourth-order valence-corrected chi connectivity index (χ4v) is 5.77. The molecular formula is C30H33F3O3. The van der Waals surface area contributed by atoms with Gasteiger partial charge in [0.05, 0.1) is 5.56 Å². The molecule has 2 aliphatic rings. The van der Waals surface area contributed by atoms with Gasteiger partial charge in [-0.15, -0.1) is 0 Å². The smallest absolute Gasteiger partial charge is 0.343 e. The molecule has 0 aliphatic heterocycles. The fraction of sp³-hybridized carbons (Fsp3) is 0.433. The van der Waals surface area contributed by atoms with Crippen LogP contribution in [0.25, 0.3) is 0 Å². The monoisotopic (exact) mass is 498 g/mol. The van der Waals surface area contributed by atoms with E-state index < -0.39 is 29.2 Å². The highest BCUT2D eigenvalue weighted by molar-refractivity contribution is 5.91. The summed E-state index contributed by atoms with van der Waals surface area (Å²) in [6, 6.07) is 6.09. The Bertz CT molecular complexity index is 1120. The Morgan fingerprint density at radius 3 is 2.33 bits per heavy atom. The number of ether oxygens (including phenoxy) is 2. The average molecular weight is 499 g/mol. The summed E-state index contributed by atoms with van der Waals surface area (Å²) >= 11 is 0. The van der Waals surface area contributed by atoms with Crippen LogP contribution in [0.5, 0.6) is 11.5 Å². The zero-order chi connectivity index (χ0) is 25.7. The summed E-state index contributed by atoms with van der Waals surface area (Å²) in [5.74, 6) is -2.05. The number of hydrogen-bond donors (Lipinski definition) is 0. The minimum atomic E-state index is -0.987. The maximum absolute atomic E-state index is 15.1. The lowest BCUT2D eigenvalue weighted by atomic mass is 9.64. The summed E-state index contributed by atoms with van der Waals surface area (Å²) < 4.78 is 53.8. The van der Waals surface area contributed by atoms with Gasteiger partial charge in [0.25, 0.3) is 0 Å². The molecule has 4 unspecified atom stereocenters. The molecule has 0 saturated heterocycles. The van der Waals surface area contributed by atoms with Crippen LogP contribution in [0.2, 0.25) is 0 Å². The Balaban J connectivity index is 1.40. The largest absolute Gasteiger partial charge is 0.483 e. The number of esters is 1.